The molecule has 1 aliphatic heterocycles. The summed E-state index contributed by atoms with van der Waals surface area (Å²) in [5.41, 5.74) is 5.34. The molecule has 0 aromatic heterocycles. The van der Waals surface area contributed by atoms with Crippen LogP contribution in [0.25, 0.3) is 0 Å². The number of nitrogens with two attached hydrogens (primary N) is 1. The summed E-state index contributed by atoms with van der Waals surface area (Å²) in [6, 6.07) is -0.483. The highest BCUT2D eigenvalue weighted by Crippen LogP contribution is 2.10. The second kappa shape index (κ2) is 2.54. The lowest BCUT2D eigenvalue weighted by atomic mass is 10.3. The summed E-state index contributed by atoms with van der Waals surface area (Å²) in [7, 11) is 0. The molecule has 0 aromatic rings. The average Bonchev–Trinajstić information content (AvgIpc) is 2.13. The summed E-state index contributed by atoms with van der Waals surface area (Å²) in [5.74, 6) is -0.101. The van der Waals surface area contributed by atoms with Crippen LogP contribution in [0.1, 0.15) is 6.92 Å². The Kier molecular flexibility index (Phi) is 1.89. The van der Waals surface area contributed by atoms with Gasteiger partial charge in [0.15, 0.2) is 0 Å². The largest absolute Gasteiger partial charge is 0.338 e. The maximum atomic E-state index is 12.6. The monoisotopic (exact) mass is 146 g/mol. The summed E-state index contributed by atoms with van der Waals surface area (Å²) in [6.45, 7) is 1.94. The summed E-state index contributed by atoms with van der Waals surface area (Å²) >= 11 is 0. The molecule has 3 nitrogen and oxygen atoms in total. The Balaban J connectivity index is 2.49. The van der Waals surface area contributed by atoms with Crippen LogP contribution in [-0.2, 0) is 4.79 Å². The van der Waals surface area contributed by atoms with Crippen molar-refractivity contribution in [3.63, 3.8) is 0 Å². The van der Waals surface area contributed by atoms with Crippen LogP contribution in [0.4, 0.5) is 4.39 Å². The molecular weight excluding hydrogens is 135 g/mol. The van der Waals surface area contributed by atoms with Gasteiger partial charge in [0.05, 0.1) is 12.6 Å². The van der Waals surface area contributed by atoms with Crippen LogP contribution in [0.3, 0.4) is 0 Å². The second-order valence-corrected chi connectivity index (χ2v) is 2.60. The molecule has 0 spiro atoms. The molecule has 0 unspecified atom stereocenters. The van der Waals surface area contributed by atoms with E-state index < -0.39 is 12.2 Å². The topological polar surface area (TPSA) is 46.3 Å². The SMILES string of the molecule is CC(=O)N1C[C@H](N)[C@@H](F)C1. The third-order valence-corrected chi connectivity index (χ3v) is 1.74. The van der Waals surface area contributed by atoms with Gasteiger partial charge in [0.25, 0.3) is 0 Å². The lowest BCUT2D eigenvalue weighted by molar-refractivity contribution is -0.128. The first-order chi connectivity index (χ1) is 4.61. The molecule has 0 aliphatic carbocycles. The van der Waals surface area contributed by atoms with Gasteiger partial charge in [-0.3, -0.25) is 4.79 Å². The highest BCUT2D eigenvalue weighted by Gasteiger charge is 2.30. The molecule has 0 saturated carbocycles. The number of nitrogens with zero attached hydrogens (tertiary/aromatic N) is 1. The van der Waals surface area contributed by atoms with E-state index in [0.29, 0.717) is 6.54 Å². The zero-order valence-electron chi connectivity index (χ0n) is 5.88. The van der Waals surface area contributed by atoms with Crippen LogP contribution in [0.2, 0.25) is 0 Å². The van der Waals surface area contributed by atoms with Crippen LogP contribution >= 0.6 is 0 Å². The molecular formula is C6H11FN2O. The summed E-state index contributed by atoms with van der Waals surface area (Å²) in [5, 5.41) is 0. The van der Waals surface area contributed by atoms with Crippen molar-refractivity contribution in [2.24, 2.45) is 5.73 Å². The van der Waals surface area contributed by atoms with Crippen molar-refractivity contribution >= 4 is 5.91 Å². The smallest absolute Gasteiger partial charge is 0.219 e. The molecule has 1 amide bonds. The molecule has 10 heavy (non-hydrogen) atoms. The van der Waals surface area contributed by atoms with Gasteiger partial charge in [0, 0.05) is 13.5 Å². The molecule has 0 radical (unpaired) electrons. The van der Waals surface area contributed by atoms with Gasteiger partial charge in [-0.15, -0.1) is 0 Å². The Morgan fingerprint density at radius 3 is 2.50 bits per heavy atom. The molecule has 1 rings (SSSR count). The predicted octanol–water partition coefficient (Wildman–Crippen LogP) is -0.486. The van der Waals surface area contributed by atoms with Crippen molar-refractivity contribution in [1.82, 2.24) is 4.90 Å². The van der Waals surface area contributed by atoms with E-state index in [4.69, 9.17) is 5.73 Å². The first kappa shape index (κ1) is 7.47. The van der Waals surface area contributed by atoms with Crippen molar-refractivity contribution in [2.45, 2.75) is 19.1 Å². The summed E-state index contributed by atoms with van der Waals surface area (Å²) in [4.78, 5) is 12.1. The van der Waals surface area contributed by atoms with Crippen molar-refractivity contribution < 1.29 is 9.18 Å². The van der Waals surface area contributed by atoms with Crippen LogP contribution in [0.15, 0.2) is 0 Å². The maximum absolute atomic E-state index is 12.6. The summed E-state index contributed by atoms with van der Waals surface area (Å²) < 4.78 is 12.6. The fraction of sp³-hybridized carbons (Fsp3) is 0.833. The Morgan fingerprint density at radius 1 is 1.70 bits per heavy atom. The van der Waals surface area contributed by atoms with Gasteiger partial charge in [-0.25, -0.2) is 4.39 Å². The minimum atomic E-state index is -1.04. The highest BCUT2D eigenvalue weighted by atomic mass is 19.1. The number of carbonyl (C=O) groups excluding carboxylic acids is 1. The molecule has 4 heteroatoms. The van der Waals surface area contributed by atoms with Crippen molar-refractivity contribution in [2.75, 3.05) is 13.1 Å². The predicted molar refractivity (Wildman–Crippen MR) is 35.1 cm³/mol. The fourth-order valence-corrected chi connectivity index (χ4v) is 1.05. The zero-order valence-corrected chi connectivity index (χ0v) is 5.88. The summed E-state index contributed by atoms with van der Waals surface area (Å²) in [6.07, 6.45) is -1.04. The highest BCUT2D eigenvalue weighted by molar-refractivity contribution is 5.73. The third-order valence-electron chi connectivity index (χ3n) is 1.74. The Labute approximate surface area is 59.0 Å². The van der Waals surface area contributed by atoms with Crippen LogP contribution < -0.4 is 5.73 Å². The van der Waals surface area contributed by atoms with E-state index in [2.05, 4.69) is 0 Å². The van der Waals surface area contributed by atoms with E-state index in [9.17, 15) is 9.18 Å². The normalized spacial score (nSPS) is 32.9. The number of likely N-dealkylation sites (tertiary alicyclic amines) is 1. The lowest BCUT2D eigenvalue weighted by Crippen LogP contribution is -2.31. The van der Waals surface area contributed by atoms with Crippen LogP contribution in [0.5, 0.6) is 0 Å². The minimum Gasteiger partial charge on any atom is -0.338 e. The Bertz CT molecular complexity index is 141. The zero-order chi connectivity index (χ0) is 7.72. The molecule has 2 N–H and O–H groups in total. The van der Waals surface area contributed by atoms with Gasteiger partial charge in [-0.05, 0) is 0 Å². The third kappa shape index (κ3) is 1.26. The van der Waals surface area contributed by atoms with E-state index in [0.717, 1.165) is 0 Å². The number of amides is 1. The van der Waals surface area contributed by atoms with Gasteiger partial charge < -0.3 is 10.6 Å². The van der Waals surface area contributed by atoms with Crippen LogP contribution in [-0.4, -0.2) is 36.1 Å². The molecule has 1 saturated heterocycles. The first-order valence-electron chi connectivity index (χ1n) is 3.26. The number of halogens is 1. The van der Waals surface area contributed by atoms with Crippen LogP contribution in [0, 0.1) is 0 Å². The molecule has 1 heterocycles. The Morgan fingerprint density at radius 2 is 2.30 bits per heavy atom. The standard InChI is InChI=1S/C6H11FN2O/c1-4(10)9-2-5(7)6(8)3-9/h5-6H,2-3,8H2,1H3/t5-,6-/m0/s1. The molecule has 2 atom stereocenters. The number of hydrogen-bond acceptors (Lipinski definition) is 2. The van der Waals surface area contributed by atoms with Crippen molar-refractivity contribution in [3.05, 3.63) is 0 Å². The Hall–Kier alpha value is -0.640. The second-order valence-electron chi connectivity index (χ2n) is 2.60. The maximum Gasteiger partial charge on any atom is 0.219 e. The van der Waals surface area contributed by atoms with E-state index >= 15 is 0 Å². The van der Waals surface area contributed by atoms with Gasteiger partial charge in [0.1, 0.15) is 6.17 Å². The number of rotatable bonds is 0. The van der Waals surface area contributed by atoms with Gasteiger partial charge in [-0.1, -0.05) is 0 Å². The van der Waals surface area contributed by atoms with Crippen molar-refractivity contribution in [3.8, 4) is 0 Å². The fourth-order valence-electron chi connectivity index (χ4n) is 1.05. The van der Waals surface area contributed by atoms with Gasteiger partial charge in [-0.2, -0.15) is 0 Å². The molecule has 1 aliphatic rings. The van der Waals surface area contributed by atoms with E-state index in [-0.39, 0.29) is 12.5 Å². The number of alkyl halides is 1. The first-order valence-corrected chi connectivity index (χ1v) is 3.26. The number of carbonyl (C=O) groups is 1. The van der Waals surface area contributed by atoms with E-state index in [1.807, 2.05) is 0 Å². The molecule has 1 fully saturated rings. The molecule has 58 valence electrons. The average molecular weight is 146 g/mol. The van der Waals surface area contributed by atoms with E-state index in [1.54, 1.807) is 0 Å². The quantitative estimate of drug-likeness (QED) is 0.501. The molecule has 0 bridgehead atoms. The minimum absolute atomic E-state index is 0.101. The van der Waals surface area contributed by atoms with E-state index in [1.165, 1.54) is 11.8 Å². The van der Waals surface area contributed by atoms with Crippen molar-refractivity contribution in [1.29, 1.82) is 0 Å². The van der Waals surface area contributed by atoms with Gasteiger partial charge >= 0.3 is 0 Å². The van der Waals surface area contributed by atoms with Gasteiger partial charge in [0.2, 0.25) is 5.91 Å². The number of hydrogen-bond donors (Lipinski definition) is 1. The lowest BCUT2D eigenvalue weighted by Gasteiger charge is -2.10. The molecule has 0 aromatic carbocycles.